The summed E-state index contributed by atoms with van der Waals surface area (Å²) in [5, 5.41) is 0. The van der Waals surface area contributed by atoms with Crippen molar-refractivity contribution in [1.29, 1.82) is 0 Å². The van der Waals surface area contributed by atoms with Gasteiger partial charge in [-0.15, -0.1) is 0 Å². The van der Waals surface area contributed by atoms with E-state index in [4.69, 9.17) is 4.74 Å². The Bertz CT molecular complexity index is 777. The molecule has 1 aliphatic rings. The highest BCUT2D eigenvalue weighted by Crippen LogP contribution is 2.26. The Morgan fingerprint density at radius 3 is 2.42 bits per heavy atom. The number of rotatable bonds is 3. The molecule has 5 heteroatoms. The van der Waals surface area contributed by atoms with Gasteiger partial charge in [-0.3, -0.25) is 4.99 Å². The third kappa shape index (κ3) is 4.48. The van der Waals surface area contributed by atoms with E-state index < -0.39 is 11.7 Å². The first-order valence-corrected chi connectivity index (χ1v) is 9.02. The average molecular weight is 351 g/mol. The number of carbonyl (C=O) groups excluding carboxylic acids is 1. The number of aliphatic imine (C=N–C) groups is 1. The minimum absolute atomic E-state index is 0.445. The highest BCUT2D eigenvalue weighted by molar-refractivity contribution is 6.01. The van der Waals surface area contributed by atoms with E-state index in [1.54, 1.807) is 6.20 Å². The molecule has 5 nitrogen and oxygen atoms in total. The Morgan fingerprint density at radius 1 is 1.08 bits per heavy atom. The van der Waals surface area contributed by atoms with Crippen LogP contribution < -0.4 is 4.90 Å². The van der Waals surface area contributed by atoms with Gasteiger partial charge < -0.3 is 4.74 Å². The van der Waals surface area contributed by atoms with E-state index in [1.165, 1.54) is 4.90 Å². The van der Waals surface area contributed by atoms with E-state index in [0.717, 1.165) is 42.8 Å². The third-order valence-electron chi connectivity index (χ3n) is 4.03. The summed E-state index contributed by atoms with van der Waals surface area (Å²) >= 11 is 0. The van der Waals surface area contributed by atoms with Gasteiger partial charge in [-0.2, -0.15) is 0 Å². The van der Waals surface area contributed by atoms with Crippen LogP contribution in [-0.4, -0.2) is 28.9 Å². The number of hydrogen-bond acceptors (Lipinski definition) is 4. The molecule has 2 aromatic rings. The van der Waals surface area contributed by atoms with Crippen molar-refractivity contribution in [1.82, 2.24) is 4.98 Å². The van der Waals surface area contributed by atoms with Gasteiger partial charge in [-0.1, -0.05) is 18.2 Å². The Kier molecular flexibility index (Phi) is 5.35. The van der Waals surface area contributed by atoms with Crippen LogP contribution >= 0.6 is 0 Å². The summed E-state index contributed by atoms with van der Waals surface area (Å²) in [4.78, 5) is 23.4. The molecule has 1 aliphatic heterocycles. The zero-order valence-electron chi connectivity index (χ0n) is 15.6. The van der Waals surface area contributed by atoms with E-state index in [9.17, 15) is 4.79 Å². The van der Waals surface area contributed by atoms with E-state index >= 15 is 0 Å². The zero-order valence-corrected chi connectivity index (χ0v) is 15.6. The molecule has 0 fully saturated rings. The molecule has 2 heterocycles. The molecule has 0 saturated heterocycles. The molecule has 3 rings (SSSR count). The van der Waals surface area contributed by atoms with E-state index in [1.807, 2.05) is 63.2 Å². The minimum Gasteiger partial charge on any atom is -0.443 e. The lowest BCUT2D eigenvalue weighted by Crippen LogP contribution is -2.34. The number of hydrogen-bond donors (Lipinski definition) is 0. The van der Waals surface area contributed by atoms with Gasteiger partial charge in [0.25, 0.3) is 0 Å². The fraction of sp³-hybridized carbons (Fsp3) is 0.381. The number of amides is 1. The minimum atomic E-state index is -0.582. The van der Waals surface area contributed by atoms with E-state index in [-0.39, 0.29) is 0 Å². The first-order chi connectivity index (χ1) is 12.4. The molecule has 136 valence electrons. The fourth-order valence-electron chi connectivity index (χ4n) is 2.84. The van der Waals surface area contributed by atoms with Gasteiger partial charge in [-0.05, 0) is 64.3 Å². The van der Waals surface area contributed by atoms with E-state index in [2.05, 4.69) is 9.98 Å². The Hall–Kier alpha value is -2.69. The van der Waals surface area contributed by atoms with Crippen molar-refractivity contribution in [2.75, 3.05) is 11.4 Å². The van der Waals surface area contributed by atoms with Gasteiger partial charge in [0, 0.05) is 24.0 Å². The van der Waals surface area contributed by atoms with Crippen molar-refractivity contribution in [2.45, 2.75) is 45.6 Å². The van der Waals surface area contributed by atoms with Gasteiger partial charge in [0.1, 0.15) is 11.4 Å². The fourth-order valence-corrected chi connectivity index (χ4v) is 2.84. The number of nitrogens with zero attached hydrogens (tertiary/aromatic N) is 3. The summed E-state index contributed by atoms with van der Waals surface area (Å²) in [5.74, 6) is 0.533. The van der Waals surface area contributed by atoms with Crippen LogP contribution in [0.5, 0.6) is 0 Å². The van der Waals surface area contributed by atoms with Gasteiger partial charge in [-0.25, -0.2) is 14.7 Å². The maximum atomic E-state index is 12.8. The molecule has 0 spiro atoms. The normalized spacial score (nSPS) is 14.5. The van der Waals surface area contributed by atoms with Gasteiger partial charge in [0.15, 0.2) is 0 Å². The number of benzene rings is 1. The van der Waals surface area contributed by atoms with Gasteiger partial charge in [0.2, 0.25) is 0 Å². The number of pyridine rings is 1. The second kappa shape index (κ2) is 7.68. The largest absolute Gasteiger partial charge is 0.443 e. The molecule has 0 radical (unpaired) electrons. The van der Waals surface area contributed by atoms with Crippen LogP contribution in [0.25, 0.3) is 0 Å². The molecule has 26 heavy (non-hydrogen) atoms. The molecule has 0 N–H and O–H groups in total. The first-order valence-electron chi connectivity index (χ1n) is 9.02. The van der Waals surface area contributed by atoms with Crippen LogP contribution in [0.4, 0.5) is 16.3 Å². The summed E-state index contributed by atoms with van der Waals surface area (Å²) in [6.07, 6.45) is 4.64. The van der Waals surface area contributed by atoms with E-state index in [0.29, 0.717) is 5.82 Å². The second-order valence-corrected chi connectivity index (χ2v) is 7.34. The van der Waals surface area contributed by atoms with Crippen LogP contribution in [0.1, 0.15) is 45.6 Å². The summed E-state index contributed by atoms with van der Waals surface area (Å²) in [6.45, 7) is 6.44. The average Bonchev–Trinajstić information content (AvgIpc) is 2.63. The molecular weight excluding hydrogens is 326 g/mol. The number of para-hydroxylation sites is 1. The first kappa shape index (κ1) is 18.1. The number of anilines is 2. The van der Waals surface area contributed by atoms with Crippen LogP contribution in [0.15, 0.2) is 53.7 Å². The van der Waals surface area contributed by atoms with Crippen molar-refractivity contribution in [3.05, 3.63) is 54.2 Å². The van der Waals surface area contributed by atoms with Crippen LogP contribution in [0.3, 0.4) is 0 Å². The molecular formula is C21H25N3O2. The van der Waals surface area contributed by atoms with Gasteiger partial charge >= 0.3 is 6.09 Å². The lowest BCUT2D eigenvalue weighted by Gasteiger charge is -2.27. The molecule has 0 aliphatic carbocycles. The molecule has 0 unspecified atom stereocenters. The predicted octanol–water partition coefficient (Wildman–Crippen LogP) is 5.13. The summed E-state index contributed by atoms with van der Waals surface area (Å²) in [5.41, 5.74) is 2.25. The molecule has 1 aromatic carbocycles. The molecule has 0 saturated carbocycles. The second-order valence-electron chi connectivity index (χ2n) is 7.34. The van der Waals surface area contributed by atoms with Crippen molar-refractivity contribution in [3.63, 3.8) is 0 Å². The molecule has 0 bridgehead atoms. The zero-order chi connectivity index (χ0) is 18.6. The predicted molar refractivity (Wildman–Crippen MR) is 104 cm³/mol. The van der Waals surface area contributed by atoms with Crippen LogP contribution in [0, 0.1) is 0 Å². The molecule has 1 aromatic heterocycles. The number of aromatic nitrogens is 1. The monoisotopic (exact) mass is 351 g/mol. The maximum absolute atomic E-state index is 12.8. The highest BCUT2D eigenvalue weighted by Gasteiger charge is 2.25. The van der Waals surface area contributed by atoms with Crippen molar-refractivity contribution in [3.8, 4) is 0 Å². The molecule has 0 atom stereocenters. The van der Waals surface area contributed by atoms with Crippen molar-refractivity contribution in [2.24, 2.45) is 4.99 Å². The topological polar surface area (TPSA) is 54.8 Å². The van der Waals surface area contributed by atoms with Gasteiger partial charge in [0.05, 0.1) is 5.69 Å². The Balaban J connectivity index is 1.91. The summed E-state index contributed by atoms with van der Waals surface area (Å²) < 4.78 is 5.58. The smallest absolute Gasteiger partial charge is 0.420 e. The maximum Gasteiger partial charge on any atom is 0.420 e. The lowest BCUT2D eigenvalue weighted by atomic mass is 10.0. The van der Waals surface area contributed by atoms with Crippen molar-refractivity contribution < 1.29 is 9.53 Å². The van der Waals surface area contributed by atoms with Crippen molar-refractivity contribution >= 4 is 23.3 Å². The lowest BCUT2D eigenvalue weighted by molar-refractivity contribution is 0.0598. The van der Waals surface area contributed by atoms with Crippen LogP contribution in [-0.2, 0) is 4.74 Å². The molecule has 1 amide bonds. The SMILES string of the molecule is CC(C)(C)OC(=O)N(c1ccccc1)c1ccc(C2=NCCCC2)cn1. The number of ether oxygens (including phenoxy) is 1. The number of carbonyl (C=O) groups is 1. The Labute approximate surface area is 154 Å². The van der Waals surface area contributed by atoms with Crippen LogP contribution in [0.2, 0.25) is 0 Å². The quantitative estimate of drug-likeness (QED) is 0.770. The highest BCUT2D eigenvalue weighted by atomic mass is 16.6. The third-order valence-corrected chi connectivity index (χ3v) is 4.03. The Morgan fingerprint density at radius 2 is 1.85 bits per heavy atom. The standard InChI is InChI=1S/C21H25N3O2/c1-21(2,3)26-20(25)24(17-9-5-4-6-10-17)19-13-12-16(15-23-19)18-11-7-8-14-22-18/h4-6,9-10,12-13,15H,7-8,11,14H2,1-3H3. The summed E-state index contributed by atoms with van der Waals surface area (Å²) in [7, 11) is 0. The summed E-state index contributed by atoms with van der Waals surface area (Å²) in [6, 6.07) is 13.2.